The fourth-order valence-electron chi connectivity index (χ4n) is 2.43. The Morgan fingerprint density at radius 2 is 2.14 bits per heavy atom. The van der Waals surface area contributed by atoms with Crippen LogP contribution >= 0.6 is 11.8 Å². The summed E-state index contributed by atoms with van der Waals surface area (Å²) in [6.07, 6.45) is -0.408. The van der Waals surface area contributed by atoms with Crippen LogP contribution in [0.25, 0.3) is 0 Å². The molecule has 4 nitrogen and oxygen atoms in total. The van der Waals surface area contributed by atoms with E-state index in [2.05, 4.69) is 0 Å². The first-order chi connectivity index (χ1) is 10.6. The highest BCUT2D eigenvalue weighted by molar-refractivity contribution is 7.98. The number of carbonyl (C=O) groups excluding carboxylic acids is 1. The predicted molar refractivity (Wildman–Crippen MR) is 85.2 cm³/mol. The molecule has 1 heterocycles. The zero-order valence-corrected chi connectivity index (χ0v) is 13.5. The SMILES string of the molecule is CCO[C@H]1CN(C(=O)CCSCc2ccc(F)cc2)C[C@@H]1O. The van der Waals surface area contributed by atoms with Crippen LogP contribution in [-0.2, 0) is 15.3 Å². The van der Waals surface area contributed by atoms with Gasteiger partial charge in [-0.2, -0.15) is 11.8 Å². The molecule has 1 aliphatic heterocycles. The second-order valence-corrected chi connectivity index (χ2v) is 6.39. The maximum atomic E-state index is 12.8. The molecule has 1 fully saturated rings. The van der Waals surface area contributed by atoms with Crippen LogP contribution in [0, 0.1) is 5.82 Å². The third kappa shape index (κ3) is 4.97. The fourth-order valence-corrected chi connectivity index (χ4v) is 3.32. The molecule has 1 aromatic carbocycles. The Morgan fingerprint density at radius 3 is 2.82 bits per heavy atom. The van der Waals surface area contributed by atoms with E-state index in [0.29, 0.717) is 31.9 Å². The minimum Gasteiger partial charge on any atom is -0.388 e. The van der Waals surface area contributed by atoms with Crippen molar-refractivity contribution < 1.29 is 19.0 Å². The number of aliphatic hydroxyl groups is 1. The number of rotatable bonds is 7. The van der Waals surface area contributed by atoms with Gasteiger partial charge < -0.3 is 14.7 Å². The highest BCUT2D eigenvalue weighted by Gasteiger charge is 2.33. The van der Waals surface area contributed by atoms with E-state index in [1.807, 2.05) is 6.92 Å². The van der Waals surface area contributed by atoms with Gasteiger partial charge in [0.15, 0.2) is 0 Å². The molecule has 0 aliphatic carbocycles. The first kappa shape index (κ1) is 17.2. The van der Waals surface area contributed by atoms with E-state index in [-0.39, 0.29) is 17.8 Å². The summed E-state index contributed by atoms with van der Waals surface area (Å²) in [5.41, 5.74) is 1.05. The molecule has 2 rings (SSSR count). The molecular weight excluding hydrogens is 305 g/mol. The quantitative estimate of drug-likeness (QED) is 0.779. The van der Waals surface area contributed by atoms with Crippen molar-refractivity contribution >= 4 is 17.7 Å². The maximum absolute atomic E-state index is 12.8. The lowest BCUT2D eigenvalue weighted by Crippen LogP contribution is -2.30. The molecular formula is C16H22FNO3S. The molecule has 0 spiro atoms. The number of amides is 1. The summed E-state index contributed by atoms with van der Waals surface area (Å²) in [5, 5.41) is 9.83. The number of hydrogen-bond acceptors (Lipinski definition) is 4. The van der Waals surface area contributed by atoms with Crippen LogP contribution in [0.15, 0.2) is 24.3 Å². The summed E-state index contributed by atoms with van der Waals surface area (Å²) >= 11 is 1.65. The van der Waals surface area contributed by atoms with E-state index in [4.69, 9.17) is 4.74 Å². The normalized spacial score (nSPS) is 21.3. The van der Waals surface area contributed by atoms with Gasteiger partial charge in [-0.25, -0.2) is 4.39 Å². The largest absolute Gasteiger partial charge is 0.388 e. The summed E-state index contributed by atoms with van der Waals surface area (Å²) in [6.45, 7) is 3.24. The average molecular weight is 327 g/mol. The van der Waals surface area contributed by atoms with Gasteiger partial charge in [-0.15, -0.1) is 0 Å². The lowest BCUT2D eigenvalue weighted by molar-refractivity contribution is -0.130. The van der Waals surface area contributed by atoms with Crippen molar-refractivity contribution in [3.05, 3.63) is 35.6 Å². The van der Waals surface area contributed by atoms with Crippen LogP contribution in [0.3, 0.4) is 0 Å². The van der Waals surface area contributed by atoms with Gasteiger partial charge in [-0.3, -0.25) is 4.79 Å². The van der Waals surface area contributed by atoms with Gasteiger partial charge in [0.1, 0.15) is 11.9 Å². The van der Waals surface area contributed by atoms with E-state index in [9.17, 15) is 14.3 Å². The minimum atomic E-state index is -0.587. The van der Waals surface area contributed by atoms with Gasteiger partial charge in [-0.1, -0.05) is 12.1 Å². The lowest BCUT2D eigenvalue weighted by atomic mass is 10.2. The Morgan fingerprint density at radius 1 is 1.41 bits per heavy atom. The number of likely N-dealkylation sites (tertiary alicyclic amines) is 1. The van der Waals surface area contributed by atoms with Crippen LogP contribution in [0.4, 0.5) is 4.39 Å². The Labute approximate surface area is 134 Å². The molecule has 0 saturated carbocycles. The standard InChI is InChI=1S/C16H22FNO3S/c1-2-21-15-10-18(9-14(15)19)16(20)7-8-22-11-12-3-5-13(17)6-4-12/h3-6,14-15,19H,2,7-11H2,1H3/t14-,15-/m0/s1. The molecule has 22 heavy (non-hydrogen) atoms. The van der Waals surface area contributed by atoms with Crippen LogP contribution in [0.2, 0.25) is 0 Å². The number of carbonyl (C=O) groups is 1. The lowest BCUT2D eigenvalue weighted by Gasteiger charge is -2.15. The molecule has 6 heteroatoms. The number of thioether (sulfide) groups is 1. The maximum Gasteiger partial charge on any atom is 0.223 e. The molecule has 0 radical (unpaired) electrons. The van der Waals surface area contributed by atoms with Gasteiger partial charge in [0.2, 0.25) is 5.91 Å². The van der Waals surface area contributed by atoms with Gasteiger partial charge in [0.25, 0.3) is 0 Å². The first-order valence-corrected chi connectivity index (χ1v) is 8.65. The van der Waals surface area contributed by atoms with Crippen molar-refractivity contribution in [3.8, 4) is 0 Å². The van der Waals surface area contributed by atoms with Crippen molar-refractivity contribution in [2.24, 2.45) is 0 Å². The minimum absolute atomic E-state index is 0.0489. The van der Waals surface area contributed by atoms with Gasteiger partial charge in [-0.05, 0) is 24.6 Å². The third-order valence-electron chi connectivity index (χ3n) is 3.61. The molecule has 1 saturated heterocycles. The second-order valence-electron chi connectivity index (χ2n) is 5.29. The molecule has 1 aliphatic rings. The van der Waals surface area contributed by atoms with Gasteiger partial charge in [0.05, 0.1) is 6.10 Å². The molecule has 122 valence electrons. The second kappa shape index (κ2) is 8.50. The molecule has 1 amide bonds. The number of aliphatic hydroxyl groups excluding tert-OH is 1. The molecule has 0 aromatic heterocycles. The average Bonchev–Trinajstić information content (AvgIpc) is 2.87. The van der Waals surface area contributed by atoms with Crippen LogP contribution in [0.1, 0.15) is 18.9 Å². The molecule has 2 atom stereocenters. The van der Waals surface area contributed by atoms with Gasteiger partial charge in [0, 0.05) is 37.6 Å². The molecule has 0 unspecified atom stereocenters. The van der Waals surface area contributed by atoms with E-state index in [1.54, 1.807) is 28.8 Å². The fraction of sp³-hybridized carbons (Fsp3) is 0.562. The monoisotopic (exact) mass is 327 g/mol. The predicted octanol–water partition coefficient (Wildman–Crippen LogP) is 2.06. The van der Waals surface area contributed by atoms with Crippen LogP contribution < -0.4 is 0 Å². The molecule has 1 N–H and O–H groups in total. The van der Waals surface area contributed by atoms with E-state index >= 15 is 0 Å². The summed E-state index contributed by atoms with van der Waals surface area (Å²) < 4.78 is 18.2. The van der Waals surface area contributed by atoms with E-state index in [1.165, 1.54) is 12.1 Å². The van der Waals surface area contributed by atoms with E-state index in [0.717, 1.165) is 11.3 Å². The van der Waals surface area contributed by atoms with Crippen molar-refractivity contribution in [3.63, 3.8) is 0 Å². The molecule has 1 aromatic rings. The van der Waals surface area contributed by atoms with Crippen molar-refractivity contribution in [2.45, 2.75) is 31.3 Å². The molecule has 0 bridgehead atoms. The number of ether oxygens (including phenoxy) is 1. The van der Waals surface area contributed by atoms with Crippen LogP contribution in [0.5, 0.6) is 0 Å². The Bertz CT molecular complexity index is 483. The number of nitrogens with zero attached hydrogens (tertiary/aromatic N) is 1. The first-order valence-electron chi connectivity index (χ1n) is 7.49. The Kier molecular flexibility index (Phi) is 6.67. The van der Waals surface area contributed by atoms with Crippen molar-refractivity contribution in [1.29, 1.82) is 0 Å². The van der Waals surface area contributed by atoms with Crippen molar-refractivity contribution in [2.75, 3.05) is 25.4 Å². The Balaban J connectivity index is 1.67. The van der Waals surface area contributed by atoms with Crippen molar-refractivity contribution in [1.82, 2.24) is 4.90 Å². The van der Waals surface area contributed by atoms with E-state index < -0.39 is 6.10 Å². The highest BCUT2D eigenvalue weighted by atomic mass is 32.2. The Hall–Kier alpha value is -1.11. The smallest absolute Gasteiger partial charge is 0.223 e. The van der Waals surface area contributed by atoms with Gasteiger partial charge >= 0.3 is 0 Å². The summed E-state index contributed by atoms with van der Waals surface area (Å²) in [6, 6.07) is 6.41. The number of benzene rings is 1. The topological polar surface area (TPSA) is 49.8 Å². The third-order valence-corrected chi connectivity index (χ3v) is 4.64. The number of halogens is 1. The highest BCUT2D eigenvalue weighted by Crippen LogP contribution is 2.17. The van der Waals surface area contributed by atoms with Crippen LogP contribution in [-0.4, -0.2) is 53.6 Å². The number of β-amino-alcohol motifs (C(OH)–C–C–N with tert-alkyl or cyclic N) is 1. The summed E-state index contributed by atoms with van der Waals surface area (Å²) in [7, 11) is 0. The zero-order chi connectivity index (χ0) is 15.9. The summed E-state index contributed by atoms with van der Waals surface area (Å²) in [4.78, 5) is 13.8. The number of hydrogen-bond donors (Lipinski definition) is 1. The zero-order valence-electron chi connectivity index (χ0n) is 12.7. The summed E-state index contributed by atoms with van der Waals surface area (Å²) in [5.74, 6) is 1.29.